The lowest BCUT2D eigenvalue weighted by atomic mass is 9.93. The van der Waals surface area contributed by atoms with E-state index in [4.69, 9.17) is 0 Å². The summed E-state index contributed by atoms with van der Waals surface area (Å²) >= 11 is 0. The Hall–Kier alpha value is -1.89. The molecule has 0 aliphatic heterocycles. The molecule has 3 nitrogen and oxygen atoms in total. The van der Waals surface area contributed by atoms with Crippen LogP contribution in [0.2, 0.25) is 0 Å². The molecule has 0 bridgehead atoms. The number of alkyl halides is 3. The van der Waals surface area contributed by atoms with Crippen LogP contribution < -0.4 is 5.32 Å². The number of halogens is 4. The van der Waals surface area contributed by atoms with E-state index < -0.39 is 12.7 Å². The average Bonchev–Trinajstić information content (AvgIpc) is 2.87. The van der Waals surface area contributed by atoms with Crippen LogP contribution in [-0.2, 0) is 19.5 Å². The number of benzene rings is 1. The molecule has 0 radical (unpaired) electrons. The summed E-state index contributed by atoms with van der Waals surface area (Å²) in [5.74, 6) is -0.293. The van der Waals surface area contributed by atoms with Crippen molar-refractivity contribution in [2.75, 3.05) is 0 Å². The molecule has 0 fully saturated rings. The van der Waals surface area contributed by atoms with Gasteiger partial charge in [-0.15, -0.1) is 0 Å². The molecule has 2 aromatic rings. The van der Waals surface area contributed by atoms with E-state index in [2.05, 4.69) is 10.4 Å². The lowest BCUT2D eigenvalue weighted by molar-refractivity contribution is -0.142. The SMILES string of the molecule is Fc1ccccc1CN[C@H]1CCCc2cn(CC(F)(F)F)nc21. The van der Waals surface area contributed by atoms with Gasteiger partial charge in [-0.3, -0.25) is 4.68 Å². The van der Waals surface area contributed by atoms with Gasteiger partial charge in [0, 0.05) is 18.3 Å². The van der Waals surface area contributed by atoms with Gasteiger partial charge in [-0.1, -0.05) is 18.2 Å². The van der Waals surface area contributed by atoms with Crippen molar-refractivity contribution in [3.05, 3.63) is 53.1 Å². The summed E-state index contributed by atoms with van der Waals surface area (Å²) < 4.78 is 52.1. The van der Waals surface area contributed by atoms with Crippen molar-refractivity contribution < 1.29 is 17.6 Å². The molecule has 0 spiro atoms. The van der Waals surface area contributed by atoms with Crippen LogP contribution in [0.5, 0.6) is 0 Å². The van der Waals surface area contributed by atoms with Gasteiger partial charge in [0.05, 0.1) is 11.7 Å². The fraction of sp³-hybridized carbons (Fsp3) is 0.438. The summed E-state index contributed by atoms with van der Waals surface area (Å²) in [5.41, 5.74) is 2.03. The Labute approximate surface area is 131 Å². The normalized spacial score (nSPS) is 18.0. The minimum Gasteiger partial charge on any atom is -0.304 e. The van der Waals surface area contributed by atoms with Crippen LogP contribution in [0.15, 0.2) is 30.5 Å². The second-order valence-corrected chi connectivity index (χ2v) is 5.77. The van der Waals surface area contributed by atoms with E-state index in [9.17, 15) is 17.6 Å². The first-order valence-electron chi connectivity index (χ1n) is 7.52. The van der Waals surface area contributed by atoms with Gasteiger partial charge < -0.3 is 5.32 Å². The quantitative estimate of drug-likeness (QED) is 0.867. The molecule has 1 N–H and O–H groups in total. The largest absolute Gasteiger partial charge is 0.408 e. The molecule has 1 aliphatic carbocycles. The topological polar surface area (TPSA) is 29.9 Å². The molecule has 0 unspecified atom stereocenters. The first-order valence-corrected chi connectivity index (χ1v) is 7.52. The van der Waals surface area contributed by atoms with Crippen LogP contribution in [0.25, 0.3) is 0 Å². The zero-order valence-corrected chi connectivity index (χ0v) is 12.4. The molecule has 0 saturated heterocycles. The lowest BCUT2D eigenvalue weighted by Crippen LogP contribution is -2.25. The number of fused-ring (bicyclic) bond motifs is 1. The molecular weight excluding hydrogens is 310 g/mol. The van der Waals surface area contributed by atoms with E-state index in [-0.39, 0.29) is 11.9 Å². The summed E-state index contributed by atoms with van der Waals surface area (Å²) in [7, 11) is 0. The third-order valence-electron chi connectivity index (χ3n) is 3.98. The highest BCUT2D eigenvalue weighted by molar-refractivity contribution is 5.24. The third kappa shape index (κ3) is 3.90. The van der Waals surface area contributed by atoms with E-state index >= 15 is 0 Å². The van der Waals surface area contributed by atoms with Crippen LogP contribution in [-0.4, -0.2) is 16.0 Å². The standard InChI is InChI=1S/C16H17F4N3/c17-13-6-2-1-4-11(13)8-21-14-7-3-5-12-9-23(22-15(12)14)10-16(18,19)20/h1-2,4,6,9,14,21H,3,5,7-8,10H2/t14-/m0/s1. The Morgan fingerprint density at radius 2 is 2.04 bits per heavy atom. The second kappa shape index (κ2) is 6.31. The summed E-state index contributed by atoms with van der Waals surface area (Å²) in [6.07, 6.45) is -0.431. The van der Waals surface area contributed by atoms with Gasteiger partial charge in [-0.25, -0.2) is 4.39 Å². The smallest absolute Gasteiger partial charge is 0.304 e. The molecule has 7 heteroatoms. The maximum atomic E-state index is 13.6. The van der Waals surface area contributed by atoms with Crippen molar-refractivity contribution in [1.29, 1.82) is 0 Å². The Bertz CT molecular complexity index is 678. The number of aryl methyl sites for hydroxylation is 1. The summed E-state index contributed by atoms with van der Waals surface area (Å²) in [6.45, 7) is -0.761. The van der Waals surface area contributed by atoms with Crippen LogP contribution >= 0.6 is 0 Å². The molecule has 1 heterocycles. The van der Waals surface area contributed by atoms with Crippen LogP contribution in [0.4, 0.5) is 17.6 Å². The first-order chi connectivity index (χ1) is 10.9. The fourth-order valence-electron chi connectivity index (χ4n) is 2.94. The highest BCUT2D eigenvalue weighted by atomic mass is 19.4. The molecule has 1 aliphatic rings. The van der Waals surface area contributed by atoms with Crippen LogP contribution in [0.1, 0.15) is 35.7 Å². The van der Waals surface area contributed by atoms with Crippen LogP contribution in [0, 0.1) is 5.82 Å². The van der Waals surface area contributed by atoms with E-state index in [1.54, 1.807) is 18.2 Å². The number of aromatic nitrogens is 2. The molecule has 124 valence electrons. The first kappa shape index (κ1) is 16.0. The van der Waals surface area contributed by atoms with Gasteiger partial charge in [0.25, 0.3) is 0 Å². The number of nitrogens with one attached hydrogen (secondary N) is 1. The van der Waals surface area contributed by atoms with Crippen molar-refractivity contribution >= 4 is 0 Å². The van der Waals surface area contributed by atoms with Gasteiger partial charge in [0.2, 0.25) is 0 Å². The fourth-order valence-corrected chi connectivity index (χ4v) is 2.94. The number of nitrogens with zero attached hydrogens (tertiary/aromatic N) is 2. The van der Waals surface area contributed by atoms with E-state index in [0.29, 0.717) is 17.8 Å². The Morgan fingerprint density at radius 3 is 2.78 bits per heavy atom. The van der Waals surface area contributed by atoms with E-state index in [1.165, 1.54) is 12.3 Å². The van der Waals surface area contributed by atoms with Gasteiger partial charge >= 0.3 is 6.18 Å². The molecule has 23 heavy (non-hydrogen) atoms. The lowest BCUT2D eigenvalue weighted by Gasteiger charge is -2.22. The zero-order valence-electron chi connectivity index (χ0n) is 12.4. The molecule has 1 aromatic heterocycles. The average molecular weight is 327 g/mol. The predicted molar refractivity (Wildman–Crippen MR) is 77.2 cm³/mol. The molecule has 1 atom stereocenters. The minimum absolute atomic E-state index is 0.146. The Kier molecular flexibility index (Phi) is 4.39. The highest BCUT2D eigenvalue weighted by Crippen LogP contribution is 2.30. The minimum atomic E-state index is -4.29. The monoisotopic (exact) mass is 327 g/mol. The van der Waals surface area contributed by atoms with Gasteiger partial charge in [0.1, 0.15) is 12.4 Å². The Balaban J connectivity index is 1.72. The van der Waals surface area contributed by atoms with Crippen LogP contribution in [0.3, 0.4) is 0 Å². The number of hydrogen-bond acceptors (Lipinski definition) is 2. The Morgan fingerprint density at radius 1 is 1.26 bits per heavy atom. The van der Waals surface area contributed by atoms with Crippen molar-refractivity contribution in [2.45, 2.75) is 44.6 Å². The molecule has 0 saturated carbocycles. The molecular formula is C16H17F4N3. The third-order valence-corrected chi connectivity index (χ3v) is 3.98. The molecule has 3 rings (SSSR count). The maximum Gasteiger partial charge on any atom is 0.408 e. The number of rotatable bonds is 4. The number of hydrogen-bond donors (Lipinski definition) is 1. The van der Waals surface area contributed by atoms with Gasteiger partial charge in [0.15, 0.2) is 0 Å². The van der Waals surface area contributed by atoms with Gasteiger partial charge in [-0.2, -0.15) is 18.3 Å². The van der Waals surface area contributed by atoms with Crippen molar-refractivity contribution in [3.8, 4) is 0 Å². The summed E-state index contributed by atoms with van der Waals surface area (Å²) in [6, 6.07) is 6.31. The van der Waals surface area contributed by atoms with Crippen molar-refractivity contribution in [3.63, 3.8) is 0 Å². The maximum absolute atomic E-state index is 13.6. The van der Waals surface area contributed by atoms with Crippen molar-refractivity contribution in [1.82, 2.24) is 15.1 Å². The second-order valence-electron chi connectivity index (χ2n) is 5.77. The summed E-state index contributed by atoms with van der Waals surface area (Å²) in [5, 5.41) is 7.31. The van der Waals surface area contributed by atoms with E-state index in [1.807, 2.05) is 0 Å². The highest BCUT2D eigenvalue weighted by Gasteiger charge is 2.30. The van der Waals surface area contributed by atoms with Crippen molar-refractivity contribution in [2.24, 2.45) is 0 Å². The van der Waals surface area contributed by atoms with Gasteiger partial charge in [-0.05, 0) is 30.9 Å². The predicted octanol–water partition coefficient (Wildman–Crippen LogP) is 3.75. The molecule has 0 amide bonds. The summed E-state index contributed by atoms with van der Waals surface area (Å²) in [4.78, 5) is 0. The molecule has 1 aromatic carbocycles. The zero-order chi connectivity index (χ0) is 16.4. The van der Waals surface area contributed by atoms with E-state index in [0.717, 1.165) is 29.5 Å².